The number of rotatable bonds is 9. The van der Waals surface area contributed by atoms with Gasteiger partial charge >= 0.3 is 7.12 Å². The van der Waals surface area contributed by atoms with Crippen LogP contribution in [0.5, 0.6) is 5.75 Å². The number of carbonyl (C=O) groups is 2. The highest BCUT2D eigenvalue weighted by Gasteiger charge is 2.57. The number of imide groups is 1. The molecule has 2 aromatic carbocycles. The Morgan fingerprint density at radius 2 is 2.02 bits per heavy atom. The van der Waals surface area contributed by atoms with Gasteiger partial charge in [0.25, 0.3) is 5.69 Å². The van der Waals surface area contributed by atoms with Crippen molar-refractivity contribution in [3.05, 3.63) is 79.9 Å². The summed E-state index contributed by atoms with van der Waals surface area (Å²) in [6, 6.07) is 10.3. The lowest BCUT2D eigenvalue weighted by Crippen LogP contribution is -2.46. The first kappa shape index (κ1) is 30.0. The summed E-state index contributed by atoms with van der Waals surface area (Å²) < 4.78 is 11.6. The predicted octanol–water partition coefficient (Wildman–Crippen LogP) is 5.18. The number of nitro groups is 1. The van der Waals surface area contributed by atoms with E-state index in [9.17, 15) is 29.8 Å². The Kier molecular flexibility index (Phi) is 8.84. The Balaban J connectivity index is 1.45. The number of non-ortho nitro benzene ring substituents is 1. The number of halogens is 1. The third-order valence-electron chi connectivity index (χ3n) is 8.45. The van der Waals surface area contributed by atoms with E-state index >= 15 is 0 Å². The predicted molar refractivity (Wildman–Crippen MR) is 158 cm³/mol. The van der Waals surface area contributed by atoms with E-state index in [4.69, 9.17) is 21.0 Å². The van der Waals surface area contributed by atoms with Crippen LogP contribution in [0.25, 0.3) is 6.08 Å². The van der Waals surface area contributed by atoms with Gasteiger partial charge in [0.2, 0.25) is 11.8 Å². The molecule has 3 aliphatic rings. The molecule has 2 amide bonds. The van der Waals surface area contributed by atoms with Gasteiger partial charge in [-0.05, 0) is 78.9 Å². The number of amides is 2. The van der Waals surface area contributed by atoms with Crippen molar-refractivity contribution in [3.63, 3.8) is 0 Å². The van der Waals surface area contributed by atoms with Gasteiger partial charge in [0, 0.05) is 19.2 Å². The minimum absolute atomic E-state index is 0.0861. The van der Waals surface area contributed by atoms with E-state index in [1.807, 2.05) is 13.0 Å². The second-order valence-electron chi connectivity index (χ2n) is 10.9. The van der Waals surface area contributed by atoms with Crippen molar-refractivity contribution in [2.45, 2.75) is 45.0 Å². The molecule has 2 fully saturated rings. The van der Waals surface area contributed by atoms with E-state index in [0.29, 0.717) is 24.3 Å². The lowest BCUT2D eigenvalue weighted by Gasteiger charge is -2.43. The molecule has 12 heteroatoms. The van der Waals surface area contributed by atoms with Crippen molar-refractivity contribution in [1.29, 1.82) is 0 Å². The summed E-state index contributed by atoms with van der Waals surface area (Å²) >= 11 is 6.32. The molecule has 1 aliphatic carbocycles. The topological polar surface area (TPSA) is 139 Å². The first-order chi connectivity index (χ1) is 20.1. The van der Waals surface area contributed by atoms with E-state index in [1.165, 1.54) is 30.3 Å². The number of hydrogen-bond donors (Lipinski definition) is 2. The molecule has 2 heterocycles. The van der Waals surface area contributed by atoms with Gasteiger partial charge in [-0.1, -0.05) is 36.2 Å². The first-order valence-electron chi connectivity index (χ1n) is 14.0. The molecule has 0 bridgehead atoms. The quantitative estimate of drug-likeness (QED) is 0.133. The molecule has 2 aliphatic heterocycles. The molecular formula is C30H32BClN2O8. The highest BCUT2D eigenvalue weighted by atomic mass is 35.5. The maximum absolute atomic E-state index is 13.9. The van der Waals surface area contributed by atoms with Gasteiger partial charge in [-0.2, -0.15) is 0 Å². The summed E-state index contributed by atoms with van der Waals surface area (Å²) in [5.74, 6) is -2.56. The lowest BCUT2D eigenvalue weighted by atomic mass is 9.58. The third kappa shape index (κ3) is 5.74. The Morgan fingerprint density at radius 1 is 1.24 bits per heavy atom. The molecule has 0 saturated carbocycles. The molecule has 0 radical (unpaired) electrons. The highest BCUT2D eigenvalue weighted by Crippen LogP contribution is 2.51. The van der Waals surface area contributed by atoms with Crippen LogP contribution >= 0.6 is 11.6 Å². The molecule has 10 nitrogen and oxygen atoms in total. The van der Waals surface area contributed by atoms with Crippen LogP contribution in [0.3, 0.4) is 0 Å². The van der Waals surface area contributed by atoms with Crippen LogP contribution < -0.4 is 4.90 Å². The number of methoxy groups -OCH3 is 1. The number of nitrogens with zero attached hydrogens (tertiary/aromatic N) is 2. The molecule has 2 N–H and O–H groups in total. The van der Waals surface area contributed by atoms with Gasteiger partial charge in [0.05, 0.1) is 40.2 Å². The van der Waals surface area contributed by atoms with Crippen molar-refractivity contribution in [2.24, 2.45) is 17.8 Å². The maximum atomic E-state index is 13.9. The van der Waals surface area contributed by atoms with Crippen LogP contribution in [-0.4, -0.2) is 53.8 Å². The highest BCUT2D eigenvalue weighted by molar-refractivity contribution is 6.43. The summed E-state index contributed by atoms with van der Waals surface area (Å²) in [7, 11) is 0.445. The molecule has 0 aromatic heterocycles. The van der Waals surface area contributed by atoms with Crippen LogP contribution in [0.15, 0.2) is 59.2 Å². The Hall–Kier alpha value is -3.51. The lowest BCUT2D eigenvalue weighted by molar-refractivity contribution is -0.384. The number of aromatic hydroxyl groups is 1. The smallest absolute Gasteiger partial charge is 0.455 e. The number of anilines is 1. The summed E-state index contributed by atoms with van der Waals surface area (Å²) in [5, 5.41) is 32.3. The van der Waals surface area contributed by atoms with Crippen LogP contribution in [-0.2, 0) is 19.0 Å². The number of benzene rings is 2. The molecule has 5 rings (SSSR count). The van der Waals surface area contributed by atoms with Crippen LogP contribution in [0.4, 0.5) is 11.4 Å². The fourth-order valence-corrected chi connectivity index (χ4v) is 6.82. The van der Waals surface area contributed by atoms with Crippen molar-refractivity contribution in [3.8, 4) is 5.75 Å². The zero-order chi connectivity index (χ0) is 30.1. The second kappa shape index (κ2) is 12.4. The summed E-state index contributed by atoms with van der Waals surface area (Å²) in [6.45, 7) is 2.29. The number of ether oxygens (including phenoxy) is 1. The number of allylic oxidation sites excluding steroid dienone is 1. The van der Waals surface area contributed by atoms with E-state index in [2.05, 4.69) is 0 Å². The molecule has 0 spiro atoms. The van der Waals surface area contributed by atoms with Crippen molar-refractivity contribution in [2.75, 3.05) is 18.6 Å². The third-order valence-corrected chi connectivity index (χ3v) is 8.78. The normalized spacial score (nSPS) is 24.2. The van der Waals surface area contributed by atoms with Crippen molar-refractivity contribution >= 4 is 48.0 Å². The van der Waals surface area contributed by atoms with Gasteiger partial charge in [-0.3, -0.25) is 19.7 Å². The molecule has 2 aromatic rings. The zero-order valence-corrected chi connectivity index (χ0v) is 24.1. The number of phenolic OH excluding ortho intramolecular Hbond substituents is 1. The van der Waals surface area contributed by atoms with Crippen LogP contribution in [0.1, 0.15) is 38.2 Å². The van der Waals surface area contributed by atoms with Crippen LogP contribution in [0, 0.1) is 27.9 Å². The average molecular weight is 595 g/mol. The molecule has 2 saturated heterocycles. The standard InChI is InChI=1S/C30H32BClN2O8/c1-3-17(11-18-8-9-22(35)14-25(18)32)7-10-26-27-19(16-41-2)12-23-28(24(27)15-31(38)42-26)30(37)33(29(23)36)20-5-4-6-21(13-20)34(39)40/h4-6,8-9,11,13-14,23-24,26,28,35,38H,3,7,10,12,15-16H2,1-2H3/b17-11+/t23-,24+,26-,28-/m1/s1. The largest absolute Gasteiger partial charge is 0.508 e. The number of phenols is 1. The number of carbonyl (C=O) groups excluding carboxylic acids is 2. The second-order valence-corrected chi connectivity index (χ2v) is 11.3. The minimum Gasteiger partial charge on any atom is -0.508 e. The molecule has 220 valence electrons. The Bertz CT molecular complexity index is 1480. The first-order valence-corrected chi connectivity index (χ1v) is 14.3. The molecular weight excluding hydrogens is 563 g/mol. The summed E-state index contributed by atoms with van der Waals surface area (Å²) in [4.78, 5) is 39.3. The zero-order valence-electron chi connectivity index (χ0n) is 23.4. The molecule has 4 atom stereocenters. The average Bonchev–Trinajstić information content (AvgIpc) is 3.21. The van der Waals surface area contributed by atoms with Crippen LogP contribution in [0.2, 0.25) is 11.3 Å². The molecule has 0 unspecified atom stereocenters. The molecule has 42 heavy (non-hydrogen) atoms. The fraction of sp³-hybridized carbons (Fsp3) is 0.400. The van der Waals surface area contributed by atoms with E-state index < -0.39 is 47.7 Å². The van der Waals surface area contributed by atoms with Gasteiger partial charge in [-0.25, -0.2) is 4.90 Å². The Morgan fingerprint density at radius 3 is 2.71 bits per heavy atom. The van der Waals surface area contributed by atoms with Crippen molar-refractivity contribution < 1.29 is 34.0 Å². The monoisotopic (exact) mass is 594 g/mol. The maximum Gasteiger partial charge on any atom is 0.455 e. The number of hydrogen-bond acceptors (Lipinski definition) is 8. The number of fused-ring (bicyclic) bond motifs is 3. The SMILES string of the molecule is CC/C(=C\c1ccc(O)cc1Cl)CC[C@H]1OB(O)C[C@H]2C1=C(COC)C[C@H]1C(=O)N(c3cccc([N+](=O)[O-])c3)C(=O)[C@H]12. The van der Waals surface area contributed by atoms with Gasteiger partial charge in [-0.15, -0.1) is 0 Å². The minimum atomic E-state index is -1.12. The summed E-state index contributed by atoms with van der Waals surface area (Å²) in [6.07, 6.45) is 3.84. The van der Waals surface area contributed by atoms with E-state index in [1.54, 1.807) is 19.2 Å². The van der Waals surface area contributed by atoms with Crippen molar-refractivity contribution in [1.82, 2.24) is 0 Å². The van der Waals surface area contributed by atoms with Gasteiger partial charge < -0.3 is 19.5 Å². The van der Waals surface area contributed by atoms with Gasteiger partial charge in [0.15, 0.2) is 0 Å². The van der Waals surface area contributed by atoms with Gasteiger partial charge in [0.1, 0.15) is 5.75 Å². The summed E-state index contributed by atoms with van der Waals surface area (Å²) in [5.41, 5.74) is 3.60. The van der Waals surface area contributed by atoms with E-state index in [-0.39, 0.29) is 30.1 Å². The Labute approximate surface area is 248 Å². The number of nitro benzene ring substituents is 1. The van der Waals surface area contributed by atoms with E-state index in [0.717, 1.165) is 33.6 Å². The fourth-order valence-electron chi connectivity index (χ4n) is 6.59.